The second kappa shape index (κ2) is 10.6. The van der Waals surface area contributed by atoms with E-state index < -0.39 is 6.04 Å². The van der Waals surface area contributed by atoms with Crippen LogP contribution in [-0.4, -0.2) is 17.1 Å². The van der Waals surface area contributed by atoms with Crippen LogP contribution in [0.4, 0.5) is 5.69 Å². The first-order chi connectivity index (χ1) is 17.9. The van der Waals surface area contributed by atoms with Gasteiger partial charge in [0.15, 0.2) is 4.80 Å². The lowest BCUT2D eigenvalue weighted by Gasteiger charge is -2.25. The molecule has 0 saturated carbocycles. The van der Waals surface area contributed by atoms with E-state index in [0.29, 0.717) is 37.9 Å². The first-order valence-electron chi connectivity index (χ1n) is 11.8. The van der Waals surface area contributed by atoms with Crippen molar-refractivity contribution in [1.29, 1.82) is 0 Å². The molecular formula is C29H24ClN3O3S. The molecule has 1 aliphatic heterocycles. The number of halogens is 1. The summed E-state index contributed by atoms with van der Waals surface area (Å²) in [5.41, 5.74) is 3.07. The van der Waals surface area contributed by atoms with Crippen molar-refractivity contribution in [2.24, 2.45) is 4.99 Å². The van der Waals surface area contributed by atoms with Gasteiger partial charge in [-0.1, -0.05) is 65.4 Å². The second-order valence-corrected chi connectivity index (χ2v) is 9.90. The van der Waals surface area contributed by atoms with E-state index in [2.05, 4.69) is 10.3 Å². The van der Waals surface area contributed by atoms with Crippen LogP contribution in [0.25, 0.3) is 6.08 Å². The maximum Gasteiger partial charge on any atom is 0.271 e. The van der Waals surface area contributed by atoms with Gasteiger partial charge in [0, 0.05) is 10.7 Å². The van der Waals surface area contributed by atoms with Gasteiger partial charge in [0.05, 0.1) is 28.5 Å². The Hall–Kier alpha value is -3.94. The SMILES string of the molecule is CCOc1ccc([C@@H]2C(C(=O)Nc3ccccc3)=C(C)N=c3s/c(=C\c4ccc(Cl)cc4)c(=O)n32)cc1. The molecule has 8 heteroatoms. The Morgan fingerprint density at radius 2 is 1.78 bits per heavy atom. The summed E-state index contributed by atoms with van der Waals surface area (Å²) in [6.07, 6.45) is 1.82. The molecule has 1 atom stereocenters. The number of rotatable bonds is 6. The Morgan fingerprint density at radius 3 is 2.46 bits per heavy atom. The summed E-state index contributed by atoms with van der Waals surface area (Å²) in [5.74, 6) is 0.413. The van der Waals surface area contributed by atoms with Crippen molar-refractivity contribution in [3.8, 4) is 5.75 Å². The second-order valence-electron chi connectivity index (χ2n) is 8.46. The van der Waals surface area contributed by atoms with Gasteiger partial charge in [-0.05, 0) is 67.4 Å². The minimum atomic E-state index is -0.650. The van der Waals surface area contributed by atoms with Crippen LogP contribution < -0.4 is 24.9 Å². The molecule has 37 heavy (non-hydrogen) atoms. The number of para-hydroxylation sites is 1. The number of thiazole rings is 1. The van der Waals surface area contributed by atoms with Gasteiger partial charge in [-0.15, -0.1) is 0 Å². The van der Waals surface area contributed by atoms with Gasteiger partial charge in [-0.2, -0.15) is 0 Å². The fraction of sp³-hybridized carbons (Fsp3) is 0.138. The Morgan fingerprint density at radius 1 is 1.08 bits per heavy atom. The molecule has 0 bridgehead atoms. The van der Waals surface area contributed by atoms with Crippen molar-refractivity contribution in [3.63, 3.8) is 0 Å². The molecule has 5 rings (SSSR count). The van der Waals surface area contributed by atoms with E-state index in [4.69, 9.17) is 16.3 Å². The summed E-state index contributed by atoms with van der Waals surface area (Å²) >= 11 is 7.32. The summed E-state index contributed by atoms with van der Waals surface area (Å²) in [7, 11) is 0. The van der Waals surface area contributed by atoms with Crippen LogP contribution in [0.3, 0.4) is 0 Å². The molecule has 1 amide bonds. The molecule has 3 aromatic carbocycles. The highest BCUT2D eigenvalue weighted by atomic mass is 35.5. The molecular weight excluding hydrogens is 506 g/mol. The van der Waals surface area contributed by atoms with Gasteiger partial charge in [-0.25, -0.2) is 4.99 Å². The van der Waals surface area contributed by atoms with E-state index in [1.54, 1.807) is 23.6 Å². The van der Waals surface area contributed by atoms with Crippen molar-refractivity contribution in [2.45, 2.75) is 19.9 Å². The van der Waals surface area contributed by atoms with E-state index >= 15 is 0 Å². The highest BCUT2D eigenvalue weighted by Gasteiger charge is 2.32. The number of amides is 1. The van der Waals surface area contributed by atoms with Gasteiger partial charge in [0.2, 0.25) is 0 Å². The predicted molar refractivity (Wildman–Crippen MR) is 148 cm³/mol. The number of carbonyl (C=O) groups excluding carboxylic acids is 1. The Bertz CT molecular complexity index is 1650. The summed E-state index contributed by atoms with van der Waals surface area (Å²) in [6, 6.07) is 23.3. The van der Waals surface area contributed by atoms with Crippen LogP contribution in [0.5, 0.6) is 5.75 Å². The third-order valence-corrected chi connectivity index (χ3v) is 7.21. The molecule has 2 heterocycles. The minimum Gasteiger partial charge on any atom is -0.494 e. The molecule has 186 valence electrons. The van der Waals surface area contributed by atoms with Gasteiger partial charge < -0.3 is 10.1 Å². The normalized spacial score (nSPS) is 15.2. The highest BCUT2D eigenvalue weighted by Crippen LogP contribution is 2.31. The number of nitrogens with zero attached hydrogens (tertiary/aromatic N) is 2. The van der Waals surface area contributed by atoms with E-state index in [9.17, 15) is 9.59 Å². The molecule has 0 aliphatic carbocycles. The number of ether oxygens (including phenoxy) is 1. The largest absolute Gasteiger partial charge is 0.494 e. The van der Waals surface area contributed by atoms with Gasteiger partial charge >= 0.3 is 0 Å². The molecule has 0 fully saturated rings. The van der Waals surface area contributed by atoms with Crippen molar-refractivity contribution >= 4 is 40.6 Å². The fourth-order valence-corrected chi connectivity index (χ4v) is 5.44. The van der Waals surface area contributed by atoms with Gasteiger partial charge in [0.25, 0.3) is 11.5 Å². The number of carbonyl (C=O) groups is 1. The molecule has 6 nitrogen and oxygen atoms in total. The first-order valence-corrected chi connectivity index (χ1v) is 13.0. The molecule has 0 saturated heterocycles. The van der Waals surface area contributed by atoms with E-state index in [1.165, 1.54) is 11.3 Å². The van der Waals surface area contributed by atoms with Crippen LogP contribution in [0.2, 0.25) is 5.02 Å². The van der Waals surface area contributed by atoms with Crippen LogP contribution >= 0.6 is 22.9 Å². The highest BCUT2D eigenvalue weighted by molar-refractivity contribution is 7.07. The molecule has 4 aromatic rings. The molecule has 1 N–H and O–H groups in total. The molecule has 1 aromatic heterocycles. The predicted octanol–water partition coefficient (Wildman–Crippen LogP) is 4.93. The monoisotopic (exact) mass is 529 g/mol. The topological polar surface area (TPSA) is 72.7 Å². The number of fused-ring (bicyclic) bond motifs is 1. The zero-order chi connectivity index (χ0) is 25.9. The molecule has 0 spiro atoms. The standard InChI is InChI=1S/C29H24ClN3O3S/c1-3-36-23-15-11-20(12-16-23)26-25(27(34)32-22-7-5-4-6-8-22)18(2)31-29-33(26)28(35)24(37-29)17-19-9-13-21(30)14-10-19/h4-17,26H,3H2,1-2H3,(H,32,34)/b24-17-/t26-/m1/s1. The van der Waals surface area contributed by atoms with E-state index in [1.807, 2.05) is 79.7 Å². The Labute approximate surface area is 222 Å². The van der Waals surface area contributed by atoms with Gasteiger partial charge in [-0.3, -0.25) is 14.2 Å². The molecule has 1 aliphatic rings. The number of hydrogen-bond donors (Lipinski definition) is 1. The average molecular weight is 530 g/mol. The third kappa shape index (κ3) is 5.14. The van der Waals surface area contributed by atoms with Crippen molar-refractivity contribution in [2.75, 3.05) is 11.9 Å². The van der Waals surface area contributed by atoms with Crippen molar-refractivity contribution in [1.82, 2.24) is 4.57 Å². The quantitative estimate of drug-likeness (QED) is 0.385. The number of nitrogens with one attached hydrogen (secondary N) is 1. The Balaban J connectivity index is 1.65. The number of aromatic nitrogens is 1. The van der Waals surface area contributed by atoms with Crippen LogP contribution in [-0.2, 0) is 4.79 Å². The summed E-state index contributed by atoms with van der Waals surface area (Å²) < 4.78 is 7.73. The average Bonchev–Trinajstić information content (AvgIpc) is 3.20. The van der Waals surface area contributed by atoms with Crippen molar-refractivity contribution in [3.05, 3.63) is 126 Å². The van der Waals surface area contributed by atoms with Gasteiger partial charge in [0.1, 0.15) is 5.75 Å². The number of allylic oxidation sites excluding steroid dienone is 1. The maximum atomic E-state index is 13.7. The van der Waals surface area contributed by atoms with Crippen LogP contribution in [0.1, 0.15) is 31.0 Å². The number of anilines is 1. The molecule has 0 radical (unpaired) electrons. The lowest BCUT2D eigenvalue weighted by Crippen LogP contribution is -2.40. The lowest BCUT2D eigenvalue weighted by molar-refractivity contribution is -0.113. The lowest BCUT2D eigenvalue weighted by atomic mass is 9.95. The summed E-state index contributed by atoms with van der Waals surface area (Å²) in [6.45, 7) is 4.27. The maximum absolute atomic E-state index is 13.7. The van der Waals surface area contributed by atoms with E-state index in [-0.39, 0.29) is 11.5 Å². The fourth-order valence-electron chi connectivity index (χ4n) is 4.27. The molecule has 0 unspecified atom stereocenters. The van der Waals surface area contributed by atoms with Crippen LogP contribution in [0, 0.1) is 0 Å². The van der Waals surface area contributed by atoms with Crippen molar-refractivity contribution < 1.29 is 9.53 Å². The zero-order valence-electron chi connectivity index (χ0n) is 20.3. The van der Waals surface area contributed by atoms with Crippen LogP contribution in [0.15, 0.2) is 99.9 Å². The van der Waals surface area contributed by atoms with E-state index in [0.717, 1.165) is 16.9 Å². The third-order valence-electron chi connectivity index (χ3n) is 5.97. The zero-order valence-corrected chi connectivity index (χ0v) is 21.8. The first kappa shape index (κ1) is 24.7. The Kier molecular flexibility index (Phi) is 7.08. The minimum absolute atomic E-state index is 0.213. The smallest absolute Gasteiger partial charge is 0.271 e. The summed E-state index contributed by atoms with van der Waals surface area (Å²) in [4.78, 5) is 32.6. The number of benzene rings is 3. The number of hydrogen-bond acceptors (Lipinski definition) is 5. The summed E-state index contributed by atoms with van der Waals surface area (Å²) in [5, 5.41) is 3.59.